The lowest BCUT2D eigenvalue weighted by Crippen LogP contribution is -2.68. The summed E-state index contributed by atoms with van der Waals surface area (Å²) in [4.78, 5) is 2.14. The van der Waals surface area contributed by atoms with Crippen LogP contribution in [0.15, 0.2) is 83.8 Å². The molecule has 0 bridgehead atoms. The second-order valence-corrected chi connectivity index (χ2v) is 27.6. The van der Waals surface area contributed by atoms with Crippen LogP contribution in [0.5, 0.6) is 0 Å². The Morgan fingerprint density at radius 2 is 0.957 bits per heavy atom. The molecule has 5 aliphatic rings. The van der Waals surface area contributed by atoms with Gasteiger partial charge in [-0.15, -0.1) is 11.8 Å². The van der Waals surface area contributed by atoms with E-state index >= 15 is 0 Å². The lowest BCUT2D eigenvalue weighted by molar-refractivity contribution is -0.391. The molecule has 0 aliphatic carbocycles. The molecule has 5 heterocycles. The molecule has 0 radical (unpaired) electrons. The smallest absolute Gasteiger partial charge is 0.241 e. The lowest BCUT2D eigenvalue weighted by Gasteiger charge is -2.49. The van der Waals surface area contributed by atoms with Crippen LogP contribution in [0.2, 0.25) is 0 Å². The summed E-state index contributed by atoms with van der Waals surface area (Å²) in [5, 5.41) is 168. The number of unbranched alkanes of at least 4 members (excludes halogenated alkanes) is 2. The van der Waals surface area contributed by atoms with Crippen molar-refractivity contribution < 1.29 is 132 Å². The zero-order valence-corrected chi connectivity index (χ0v) is 52.9. The third kappa shape index (κ3) is 16.8. The molecule has 25 atom stereocenters. The molecule has 92 heavy (non-hydrogen) atoms. The van der Waals surface area contributed by atoms with Crippen molar-refractivity contribution in [1.29, 1.82) is 0 Å². The van der Waals surface area contributed by atoms with Crippen molar-refractivity contribution >= 4 is 60.8 Å². The minimum Gasteiger partial charge on any atom is -0.394 e. The molecule has 5 aliphatic heterocycles. The topological polar surface area (TPSA) is 445 Å². The molecular weight excluding hydrogens is 1280 g/mol. The van der Waals surface area contributed by atoms with Crippen molar-refractivity contribution in [3.63, 3.8) is 0 Å². The number of nitrogens with one attached hydrogen (secondary N) is 1. The van der Waals surface area contributed by atoms with Crippen molar-refractivity contribution in [2.45, 2.75) is 183 Å². The van der Waals surface area contributed by atoms with Crippen LogP contribution >= 0.6 is 23.5 Å². The van der Waals surface area contributed by atoms with Gasteiger partial charge in [0.2, 0.25) is 10.0 Å². The quantitative estimate of drug-likeness (QED) is 0.0233. The number of ether oxygens (including phenoxy) is 10. The van der Waals surface area contributed by atoms with Crippen LogP contribution < -0.4 is 9.62 Å². The highest BCUT2D eigenvalue weighted by Gasteiger charge is 2.56. The predicted octanol–water partition coefficient (Wildman–Crippen LogP) is -3.70. The summed E-state index contributed by atoms with van der Waals surface area (Å²) in [7, 11) is 0.0281. The van der Waals surface area contributed by atoms with Crippen LogP contribution in [-0.4, -0.2) is 309 Å². The van der Waals surface area contributed by atoms with E-state index in [0.717, 1.165) is 46.0 Å². The fraction of sp³-hybridized carbons (Fsp3) is 0.667. The first kappa shape index (κ1) is 73.1. The van der Waals surface area contributed by atoms with Gasteiger partial charge in [0.15, 0.2) is 25.2 Å². The number of aliphatic hydroxyl groups is 15. The first-order valence-electron chi connectivity index (χ1n) is 30.4. The maximum Gasteiger partial charge on any atom is 0.241 e. The third-order valence-corrected chi connectivity index (χ3v) is 20.7. The Morgan fingerprint density at radius 1 is 0.478 bits per heavy atom. The molecule has 5 saturated heterocycles. The van der Waals surface area contributed by atoms with E-state index in [4.69, 9.17) is 47.4 Å². The van der Waals surface area contributed by atoms with Gasteiger partial charge in [-0.2, -0.15) is 11.8 Å². The van der Waals surface area contributed by atoms with Crippen molar-refractivity contribution in [3.05, 3.63) is 84.4 Å². The fourth-order valence-electron chi connectivity index (χ4n) is 11.8. The number of nitrogens with zero attached hydrogens (tertiary/aromatic N) is 1. The Labute approximate surface area is 539 Å². The number of hydrogen-bond acceptors (Lipinski definition) is 30. The number of fused-ring (bicyclic) bond motifs is 2. The average Bonchev–Trinajstić information content (AvgIpc) is 0.821. The molecule has 516 valence electrons. The van der Waals surface area contributed by atoms with Crippen molar-refractivity contribution in [3.8, 4) is 0 Å². The summed E-state index contributed by atoms with van der Waals surface area (Å²) in [6, 6.07) is 24.1. The highest BCUT2D eigenvalue weighted by Crippen LogP contribution is 2.38. The molecular formula is C60H86N2O27S3. The molecule has 9 rings (SSSR count). The summed E-state index contributed by atoms with van der Waals surface area (Å²) >= 11 is 2.80. The zero-order valence-electron chi connectivity index (χ0n) is 50.4. The van der Waals surface area contributed by atoms with E-state index in [1.807, 2.05) is 79.7 Å². The summed E-state index contributed by atoms with van der Waals surface area (Å²) in [5.74, 6) is 1.81. The van der Waals surface area contributed by atoms with Crippen molar-refractivity contribution in [1.82, 2.24) is 4.72 Å². The fourth-order valence-corrected chi connectivity index (χ4v) is 15.2. The van der Waals surface area contributed by atoms with Gasteiger partial charge in [-0.25, -0.2) is 13.1 Å². The average molecular weight is 1360 g/mol. The Balaban J connectivity index is 0.707. The van der Waals surface area contributed by atoms with Gasteiger partial charge in [0.1, 0.15) is 128 Å². The van der Waals surface area contributed by atoms with Gasteiger partial charge in [-0.3, -0.25) is 0 Å². The van der Waals surface area contributed by atoms with Crippen LogP contribution in [0.25, 0.3) is 21.5 Å². The Bertz CT molecular complexity index is 3050. The first-order valence-corrected chi connectivity index (χ1v) is 34.0. The summed E-state index contributed by atoms with van der Waals surface area (Å²) in [6.45, 7) is -3.57. The number of thioether (sulfide) groups is 2. The molecule has 0 spiro atoms. The van der Waals surface area contributed by atoms with Gasteiger partial charge in [0.25, 0.3) is 0 Å². The zero-order chi connectivity index (χ0) is 66.1. The van der Waals surface area contributed by atoms with Gasteiger partial charge < -0.3 is 129 Å². The largest absolute Gasteiger partial charge is 0.394 e. The van der Waals surface area contributed by atoms with Crippen LogP contribution in [0.4, 0.5) is 5.69 Å². The van der Waals surface area contributed by atoms with E-state index in [1.54, 1.807) is 30.0 Å². The van der Waals surface area contributed by atoms with Gasteiger partial charge in [0, 0.05) is 42.9 Å². The van der Waals surface area contributed by atoms with Crippen LogP contribution in [0.3, 0.4) is 0 Å². The first-order chi connectivity index (χ1) is 44.1. The van der Waals surface area contributed by atoms with Crippen LogP contribution in [0, 0.1) is 0 Å². The van der Waals surface area contributed by atoms with Gasteiger partial charge in [0.05, 0.1) is 44.5 Å². The number of benzene rings is 4. The Kier molecular flexibility index (Phi) is 26.5. The summed E-state index contributed by atoms with van der Waals surface area (Å²) < 4.78 is 87.3. The molecule has 0 saturated carbocycles. The van der Waals surface area contributed by atoms with Gasteiger partial charge in [-0.1, -0.05) is 67.1 Å². The summed E-state index contributed by atoms with van der Waals surface area (Å²) in [6.07, 6.45) is -40.8. The van der Waals surface area contributed by atoms with E-state index in [1.165, 1.54) is 11.8 Å². The number of rotatable bonds is 29. The highest BCUT2D eigenvalue weighted by atomic mass is 32.2. The molecule has 16 N–H and O–H groups in total. The molecule has 32 heteroatoms. The maximum atomic E-state index is 13.3. The lowest BCUT2D eigenvalue weighted by atomic mass is 9.95. The predicted molar refractivity (Wildman–Crippen MR) is 328 cm³/mol. The number of anilines is 1. The van der Waals surface area contributed by atoms with Crippen molar-refractivity contribution in [2.75, 3.05) is 75.8 Å². The standard InChI is InChI=1S/C60H86N2O27S3/c1-62(2)34-14-8-13-33-32(34)12-9-15-40(33)92(78,79)61-18-21-90-19-6-3-7-20-91-60-51(77)46(72)55(38(26-66)85-60)89-59-50(76)45(71)54(37(25-65)83-59)88-58-49(75)44(70)53(36(24-64)82-58)87-57-48(74)43(69)52(35(23-63)81-57)86-56-47(73)42(68)41(67)39(84-56)28-80-27-29-16-17-30-10-4-5-11-31(30)22-29/h4-5,8-17,22,35-39,41-61,63-77H,3,6-7,18-21,23-28H2,1-2H3/t35-,36-,37-,38-,39-,41-,42+,43-,44-,45-,46-,47-,48-,49-,50-,51-,52-,53-,54-,55-,56-,57-,58-,59-,60+/m1/s1. The third-order valence-electron chi connectivity index (χ3n) is 16.9. The second kappa shape index (κ2) is 33.4. The minimum absolute atomic E-state index is 0.0796. The maximum absolute atomic E-state index is 13.3. The molecule has 5 fully saturated rings. The molecule has 0 unspecified atom stereocenters. The number of sulfonamides is 1. The molecule has 0 amide bonds. The van der Waals surface area contributed by atoms with Crippen molar-refractivity contribution in [2.24, 2.45) is 0 Å². The number of aliphatic hydroxyl groups excluding tert-OH is 15. The van der Waals surface area contributed by atoms with E-state index in [0.29, 0.717) is 23.3 Å². The monoisotopic (exact) mass is 1360 g/mol. The van der Waals surface area contributed by atoms with Crippen LogP contribution in [-0.2, 0) is 64.0 Å². The van der Waals surface area contributed by atoms with Crippen LogP contribution in [0.1, 0.15) is 24.8 Å². The SMILES string of the molecule is CN(C)c1cccc2c(S(=O)(=O)NCCSCCCCCS[C@@H]3O[C@H](CO)[C@@H](O[C@H]4O[C@H](CO)[C@@H](O[C@H]5O[C@H](CO)[C@@H](O[C@H]6O[C@H](CO)[C@@H](O[C@H]7O[C@H](COCc8ccc9ccccc9c8)[C@@H](O)[C@H](O)[C@H]7O)[C@H](O)[C@H]6O)[C@H](O)[C@H]5O)[C@H](O)[C@H]4O)[C@H](O)[C@H]3O)cccc12. The minimum atomic E-state index is -3.77. The van der Waals surface area contributed by atoms with E-state index in [9.17, 15) is 85.0 Å². The normalized spacial score (nSPS) is 37.2. The van der Waals surface area contributed by atoms with E-state index < -0.39 is 189 Å². The van der Waals surface area contributed by atoms with E-state index in [2.05, 4.69) is 4.72 Å². The molecule has 0 aromatic heterocycles. The van der Waals surface area contributed by atoms with E-state index in [-0.39, 0.29) is 24.7 Å². The number of hydrogen-bond donors (Lipinski definition) is 16. The summed E-state index contributed by atoms with van der Waals surface area (Å²) in [5.41, 5.74) is 0.681. The van der Waals surface area contributed by atoms with Gasteiger partial charge >= 0.3 is 0 Å². The Hall–Kier alpha value is -3.19. The van der Waals surface area contributed by atoms with Gasteiger partial charge in [-0.05, 0) is 58.9 Å². The Morgan fingerprint density at radius 3 is 1.50 bits per heavy atom. The highest BCUT2D eigenvalue weighted by molar-refractivity contribution is 7.99. The molecule has 29 nitrogen and oxygen atoms in total. The second-order valence-electron chi connectivity index (χ2n) is 23.4. The molecule has 4 aromatic carbocycles. The molecule has 4 aromatic rings.